The Hall–Kier alpha value is -2.89. The molecule has 6 nitrogen and oxygen atoms in total. The minimum atomic E-state index is -0.267. The number of anilines is 3. The third-order valence-corrected chi connectivity index (χ3v) is 4.89. The van der Waals surface area contributed by atoms with Gasteiger partial charge in [-0.3, -0.25) is 4.79 Å². The SMILES string of the molecule is CC1(C)CC(=O)C2=C(C1)Nc1nc(N)nc(N)c1C2c1ccccc1. The molecule has 1 aromatic carbocycles. The molecule has 1 aliphatic carbocycles. The Bertz CT molecular complexity index is 902. The van der Waals surface area contributed by atoms with Crippen LogP contribution in [0.25, 0.3) is 0 Å². The van der Waals surface area contributed by atoms with Gasteiger partial charge in [-0.2, -0.15) is 9.97 Å². The fraction of sp³-hybridized carbons (Fsp3) is 0.316. The minimum Gasteiger partial charge on any atom is -0.383 e. The molecule has 1 aromatic heterocycles. The summed E-state index contributed by atoms with van der Waals surface area (Å²) < 4.78 is 0. The Morgan fingerprint density at radius 3 is 2.56 bits per heavy atom. The molecule has 0 bridgehead atoms. The topological polar surface area (TPSA) is 107 Å². The normalized spacial score (nSPS) is 21.4. The van der Waals surface area contributed by atoms with E-state index in [1.54, 1.807) is 0 Å². The first-order valence-corrected chi connectivity index (χ1v) is 8.37. The molecule has 1 unspecified atom stereocenters. The van der Waals surface area contributed by atoms with Crippen molar-refractivity contribution >= 4 is 23.4 Å². The highest BCUT2D eigenvalue weighted by Gasteiger charge is 2.42. The second kappa shape index (κ2) is 5.31. The molecule has 0 radical (unpaired) electrons. The summed E-state index contributed by atoms with van der Waals surface area (Å²) in [5.41, 5.74) is 15.3. The second-order valence-corrected chi connectivity index (χ2v) is 7.53. The van der Waals surface area contributed by atoms with Crippen LogP contribution in [0.4, 0.5) is 17.6 Å². The largest absolute Gasteiger partial charge is 0.383 e. The summed E-state index contributed by atoms with van der Waals surface area (Å²) in [5.74, 6) is 0.920. The van der Waals surface area contributed by atoms with E-state index in [1.807, 2.05) is 30.3 Å². The number of hydrogen-bond acceptors (Lipinski definition) is 6. The number of aromatic nitrogens is 2. The summed E-state index contributed by atoms with van der Waals surface area (Å²) in [6.45, 7) is 4.21. The maximum absolute atomic E-state index is 13.0. The first kappa shape index (κ1) is 15.6. The number of benzene rings is 1. The van der Waals surface area contributed by atoms with Gasteiger partial charge in [0, 0.05) is 29.2 Å². The fourth-order valence-corrected chi connectivity index (χ4v) is 3.93. The number of carbonyl (C=O) groups is 1. The first-order chi connectivity index (χ1) is 11.9. The quantitative estimate of drug-likeness (QED) is 0.740. The van der Waals surface area contributed by atoms with Crippen LogP contribution in [0.15, 0.2) is 41.6 Å². The van der Waals surface area contributed by atoms with E-state index in [4.69, 9.17) is 11.5 Å². The van der Waals surface area contributed by atoms with E-state index in [0.717, 1.165) is 28.8 Å². The molecule has 0 saturated carbocycles. The third-order valence-electron chi connectivity index (χ3n) is 4.89. The van der Waals surface area contributed by atoms with Crippen LogP contribution in [0.5, 0.6) is 0 Å². The van der Waals surface area contributed by atoms with Gasteiger partial charge >= 0.3 is 0 Å². The molecule has 6 heteroatoms. The van der Waals surface area contributed by atoms with Crippen LogP contribution in [0.1, 0.15) is 43.7 Å². The monoisotopic (exact) mass is 335 g/mol. The van der Waals surface area contributed by atoms with Crippen molar-refractivity contribution in [3.63, 3.8) is 0 Å². The molecule has 2 aliphatic rings. The maximum atomic E-state index is 13.0. The molecule has 0 spiro atoms. The van der Waals surface area contributed by atoms with Crippen LogP contribution in [-0.2, 0) is 4.79 Å². The van der Waals surface area contributed by atoms with Crippen LogP contribution in [0.2, 0.25) is 0 Å². The highest BCUT2D eigenvalue weighted by molar-refractivity contribution is 6.02. The zero-order valence-electron chi connectivity index (χ0n) is 14.3. The number of nitrogens with zero attached hydrogens (tertiary/aromatic N) is 2. The zero-order chi connectivity index (χ0) is 17.8. The van der Waals surface area contributed by atoms with Gasteiger partial charge < -0.3 is 16.8 Å². The predicted molar refractivity (Wildman–Crippen MR) is 97.8 cm³/mol. The lowest BCUT2D eigenvalue weighted by molar-refractivity contribution is -0.118. The van der Waals surface area contributed by atoms with E-state index in [1.165, 1.54) is 0 Å². The van der Waals surface area contributed by atoms with Crippen LogP contribution in [0.3, 0.4) is 0 Å². The molecule has 25 heavy (non-hydrogen) atoms. The fourth-order valence-electron chi connectivity index (χ4n) is 3.93. The second-order valence-electron chi connectivity index (χ2n) is 7.53. The van der Waals surface area contributed by atoms with E-state index in [-0.39, 0.29) is 23.1 Å². The molecule has 0 amide bonds. The van der Waals surface area contributed by atoms with Gasteiger partial charge in [-0.1, -0.05) is 44.2 Å². The molecule has 2 heterocycles. The maximum Gasteiger partial charge on any atom is 0.223 e. The smallest absolute Gasteiger partial charge is 0.223 e. The van der Waals surface area contributed by atoms with Gasteiger partial charge in [0.1, 0.15) is 11.6 Å². The summed E-state index contributed by atoms with van der Waals surface area (Å²) in [4.78, 5) is 21.5. The Morgan fingerprint density at radius 2 is 1.84 bits per heavy atom. The summed E-state index contributed by atoms with van der Waals surface area (Å²) in [6, 6.07) is 9.89. The predicted octanol–water partition coefficient (Wildman–Crippen LogP) is 2.84. The number of nitrogens with one attached hydrogen (secondary N) is 1. The van der Waals surface area contributed by atoms with E-state index < -0.39 is 0 Å². The Morgan fingerprint density at radius 1 is 1.12 bits per heavy atom. The van der Waals surface area contributed by atoms with Crippen LogP contribution >= 0.6 is 0 Å². The van der Waals surface area contributed by atoms with Crippen molar-refractivity contribution in [3.05, 3.63) is 52.7 Å². The van der Waals surface area contributed by atoms with Gasteiger partial charge in [-0.15, -0.1) is 0 Å². The van der Waals surface area contributed by atoms with E-state index in [9.17, 15) is 4.79 Å². The highest BCUT2D eigenvalue weighted by atomic mass is 16.1. The summed E-state index contributed by atoms with van der Waals surface area (Å²) >= 11 is 0. The number of Topliss-reactive ketones (excluding diaryl/α,β-unsaturated/α-hetero) is 1. The average Bonchev–Trinajstić information content (AvgIpc) is 2.52. The van der Waals surface area contributed by atoms with Crippen LogP contribution < -0.4 is 16.8 Å². The molecule has 1 atom stereocenters. The number of hydrogen-bond donors (Lipinski definition) is 3. The molecule has 128 valence electrons. The molecular formula is C19H21N5O. The first-order valence-electron chi connectivity index (χ1n) is 8.37. The zero-order valence-corrected chi connectivity index (χ0v) is 14.3. The van der Waals surface area contributed by atoms with Crippen molar-refractivity contribution in [1.82, 2.24) is 9.97 Å². The molecule has 0 fully saturated rings. The lowest BCUT2D eigenvalue weighted by Crippen LogP contribution is -2.34. The van der Waals surface area contributed by atoms with Crippen LogP contribution in [-0.4, -0.2) is 15.8 Å². The van der Waals surface area contributed by atoms with Gasteiger partial charge in [0.05, 0.1) is 0 Å². The summed E-state index contributed by atoms with van der Waals surface area (Å²) in [7, 11) is 0. The number of nitrogens with two attached hydrogens (primary N) is 2. The van der Waals surface area contributed by atoms with Gasteiger partial charge in [0.15, 0.2) is 5.78 Å². The van der Waals surface area contributed by atoms with Crippen molar-refractivity contribution in [1.29, 1.82) is 0 Å². The van der Waals surface area contributed by atoms with Crippen LogP contribution in [0, 0.1) is 5.41 Å². The number of nitrogen functional groups attached to an aromatic ring is 2. The van der Waals surface area contributed by atoms with E-state index in [2.05, 4.69) is 29.1 Å². The summed E-state index contributed by atoms with van der Waals surface area (Å²) in [5, 5.41) is 3.31. The van der Waals surface area contributed by atoms with Gasteiger partial charge in [-0.05, 0) is 17.4 Å². The number of fused-ring (bicyclic) bond motifs is 1. The van der Waals surface area contributed by atoms with Crippen molar-refractivity contribution in [2.75, 3.05) is 16.8 Å². The minimum absolute atomic E-state index is 0.0915. The number of carbonyl (C=O) groups excluding carboxylic acids is 1. The number of rotatable bonds is 1. The molecular weight excluding hydrogens is 314 g/mol. The summed E-state index contributed by atoms with van der Waals surface area (Å²) in [6.07, 6.45) is 1.29. The number of allylic oxidation sites excluding steroid dienone is 2. The highest BCUT2D eigenvalue weighted by Crippen LogP contribution is 2.49. The standard InChI is InChI=1S/C19H21N5O/c1-19(2)8-11-14(12(25)9-19)13(10-6-4-3-5-7-10)15-16(20)23-18(21)24-17(15)22-11/h3-7,13H,8-9H2,1-2H3,(H5,20,21,22,23,24). The molecule has 5 N–H and O–H groups in total. The lowest BCUT2D eigenvalue weighted by atomic mass is 9.69. The average molecular weight is 335 g/mol. The number of ketones is 1. The Kier molecular flexibility index (Phi) is 3.32. The molecule has 4 rings (SSSR count). The van der Waals surface area contributed by atoms with Gasteiger partial charge in [0.25, 0.3) is 0 Å². The van der Waals surface area contributed by atoms with Crippen molar-refractivity contribution in [2.45, 2.75) is 32.6 Å². The van der Waals surface area contributed by atoms with Crippen molar-refractivity contribution in [2.24, 2.45) is 5.41 Å². The molecule has 0 saturated heterocycles. The third kappa shape index (κ3) is 2.54. The lowest BCUT2D eigenvalue weighted by Gasteiger charge is -2.39. The molecule has 2 aromatic rings. The van der Waals surface area contributed by atoms with Crippen molar-refractivity contribution in [3.8, 4) is 0 Å². The van der Waals surface area contributed by atoms with E-state index in [0.29, 0.717) is 18.1 Å². The van der Waals surface area contributed by atoms with Gasteiger partial charge in [0.2, 0.25) is 5.95 Å². The van der Waals surface area contributed by atoms with Gasteiger partial charge in [-0.25, -0.2) is 0 Å². The Balaban J connectivity index is 1.98. The van der Waals surface area contributed by atoms with Crippen molar-refractivity contribution < 1.29 is 4.79 Å². The van der Waals surface area contributed by atoms with E-state index >= 15 is 0 Å². The molecule has 1 aliphatic heterocycles. The Labute approximate surface area is 146 Å².